The molecule has 0 radical (unpaired) electrons. The molecule has 1 aromatic carbocycles. The van der Waals surface area contributed by atoms with Gasteiger partial charge in [0.25, 0.3) is 0 Å². The van der Waals surface area contributed by atoms with E-state index in [4.69, 9.17) is 0 Å². The van der Waals surface area contributed by atoms with Gasteiger partial charge in [-0.15, -0.1) is 0 Å². The molecular weight excluding hydrogens is 296 g/mol. The molecule has 3 nitrogen and oxygen atoms in total. The standard InChI is InChI=1S/C21H32N2O/c1-18-9-11-20(12-10-18)23(17-19-7-3-2-4-8-19)21(24)13-16-22-14-5-6-15-22/h9-12,19H,2-8,13-17H2,1H3. The molecule has 2 fully saturated rings. The molecule has 0 atom stereocenters. The maximum absolute atomic E-state index is 13.0. The van der Waals surface area contributed by atoms with Gasteiger partial charge in [0.2, 0.25) is 5.91 Å². The lowest BCUT2D eigenvalue weighted by molar-refractivity contribution is -0.119. The van der Waals surface area contributed by atoms with Gasteiger partial charge in [0, 0.05) is 25.2 Å². The zero-order chi connectivity index (χ0) is 16.8. The minimum Gasteiger partial charge on any atom is -0.312 e. The van der Waals surface area contributed by atoms with Crippen molar-refractivity contribution in [3.05, 3.63) is 29.8 Å². The molecule has 0 spiro atoms. The third-order valence-corrected chi connectivity index (χ3v) is 5.65. The highest BCUT2D eigenvalue weighted by atomic mass is 16.2. The smallest absolute Gasteiger partial charge is 0.228 e. The van der Waals surface area contributed by atoms with Crippen LogP contribution < -0.4 is 4.90 Å². The molecule has 132 valence electrons. The van der Waals surface area contributed by atoms with Gasteiger partial charge in [-0.25, -0.2) is 0 Å². The second-order valence-corrected chi connectivity index (χ2v) is 7.64. The summed E-state index contributed by atoms with van der Waals surface area (Å²) in [7, 11) is 0. The predicted octanol–water partition coefficient (Wildman–Crippen LogP) is 4.39. The molecule has 3 rings (SSSR count). The van der Waals surface area contributed by atoms with Crippen molar-refractivity contribution < 1.29 is 4.79 Å². The predicted molar refractivity (Wildman–Crippen MR) is 100 cm³/mol. The van der Waals surface area contributed by atoms with Gasteiger partial charge in [-0.1, -0.05) is 37.0 Å². The van der Waals surface area contributed by atoms with Crippen molar-refractivity contribution >= 4 is 11.6 Å². The summed E-state index contributed by atoms with van der Waals surface area (Å²) in [6.07, 6.45) is 9.81. The molecule has 3 heteroatoms. The summed E-state index contributed by atoms with van der Waals surface area (Å²) in [4.78, 5) is 17.5. The minimum absolute atomic E-state index is 0.302. The summed E-state index contributed by atoms with van der Waals surface area (Å²) in [5.41, 5.74) is 2.33. The molecule has 1 aliphatic carbocycles. The first-order valence-electron chi connectivity index (χ1n) is 9.82. The van der Waals surface area contributed by atoms with Crippen molar-refractivity contribution in [3.8, 4) is 0 Å². The van der Waals surface area contributed by atoms with Gasteiger partial charge in [0.1, 0.15) is 0 Å². The summed E-state index contributed by atoms with van der Waals surface area (Å²) >= 11 is 0. The van der Waals surface area contributed by atoms with Gasteiger partial charge in [-0.05, 0) is 63.7 Å². The maximum atomic E-state index is 13.0. The number of hydrogen-bond acceptors (Lipinski definition) is 2. The number of likely N-dealkylation sites (tertiary alicyclic amines) is 1. The Labute approximate surface area is 147 Å². The van der Waals surface area contributed by atoms with Gasteiger partial charge >= 0.3 is 0 Å². The average molecular weight is 329 g/mol. The van der Waals surface area contributed by atoms with Crippen LogP contribution in [0, 0.1) is 12.8 Å². The van der Waals surface area contributed by atoms with Crippen molar-refractivity contribution in [2.45, 2.75) is 58.3 Å². The van der Waals surface area contributed by atoms with E-state index in [1.807, 2.05) is 0 Å². The third kappa shape index (κ3) is 4.83. The number of aryl methyl sites for hydroxylation is 1. The van der Waals surface area contributed by atoms with Crippen LogP contribution >= 0.6 is 0 Å². The molecule has 1 heterocycles. The van der Waals surface area contributed by atoms with E-state index in [1.54, 1.807) is 0 Å². The van der Waals surface area contributed by atoms with Crippen LogP contribution in [-0.4, -0.2) is 37.0 Å². The van der Waals surface area contributed by atoms with Crippen LogP contribution in [0.1, 0.15) is 56.9 Å². The van der Waals surface area contributed by atoms with Crippen molar-refractivity contribution in [1.82, 2.24) is 4.90 Å². The van der Waals surface area contributed by atoms with Gasteiger partial charge < -0.3 is 9.80 Å². The SMILES string of the molecule is Cc1ccc(N(CC2CCCCC2)C(=O)CCN2CCCC2)cc1. The Hall–Kier alpha value is -1.35. The maximum Gasteiger partial charge on any atom is 0.228 e. The number of carbonyl (C=O) groups excluding carboxylic acids is 1. The molecule has 1 aromatic rings. The van der Waals surface area contributed by atoms with Gasteiger partial charge in [-0.2, -0.15) is 0 Å². The van der Waals surface area contributed by atoms with E-state index in [1.165, 1.54) is 63.6 Å². The van der Waals surface area contributed by atoms with E-state index in [0.717, 1.165) is 18.8 Å². The molecule has 0 N–H and O–H groups in total. The Balaban J connectivity index is 1.65. The van der Waals surface area contributed by atoms with Gasteiger partial charge in [0.05, 0.1) is 0 Å². The lowest BCUT2D eigenvalue weighted by atomic mass is 9.88. The highest BCUT2D eigenvalue weighted by Crippen LogP contribution is 2.27. The molecule has 1 saturated heterocycles. The summed E-state index contributed by atoms with van der Waals surface area (Å²) in [6, 6.07) is 8.48. The Kier molecular flexibility index (Phi) is 6.30. The van der Waals surface area contributed by atoms with Crippen molar-refractivity contribution in [3.63, 3.8) is 0 Å². The van der Waals surface area contributed by atoms with Crippen molar-refractivity contribution in [2.24, 2.45) is 5.92 Å². The summed E-state index contributed by atoms with van der Waals surface area (Å²) < 4.78 is 0. The first-order valence-corrected chi connectivity index (χ1v) is 9.82. The van der Waals surface area contributed by atoms with Crippen LogP contribution in [-0.2, 0) is 4.79 Å². The Morgan fingerprint density at radius 2 is 1.71 bits per heavy atom. The number of benzene rings is 1. The fourth-order valence-corrected chi connectivity index (χ4v) is 4.10. The Morgan fingerprint density at radius 1 is 1.04 bits per heavy atom. The second kappa shape index (κ2) is 8.66. The van der Waals surface area contributed by atoms with Crippen LogP contribution in [0.25, 0.3) is 0 Å². The topological polar surface area (TPSA) is 23.6 Å². The van der Waals surface area contributed by atoms with E-state index in [0.29, 0.717) is 18.2 Å². The number of nitrogens with zero attached hydrogens (tertiary/aromatic N) is 2. The monoisotopic (exact) mass is 328 g/mol. The van der Waals surface area contributed by atoms with Gasteiger partial charge in [-0.3, -0.25) is 4.79 Å². The molecule has 0 aromatic heterocycles. The van der Waals surface area contributed by atoms with Crippen molar-refractivity contribution in [2.75, 3.05) is 31.1 Å². The minimum atomic E-state index is 0.302. The summed E-state index contributed by atoms with van der Waals surface area (Å²) in [5, 5.41) is 0. The molecular formula is C21H32N2O. The molecule has 1 aliphatic heterocycles. The van der Waals surface area contributed by atoms with E-state index in [2.05, 4.69) is 41.0 Å². The number of anilines is 1. The normalized spacial score (nSPS) is 19.5. The molecule has 0 bridgehead atoms. The van der Waals surface area contributed by atoms with Crippen LogP contribution in [0.15, 0.2) is 24.3 Å². The largest absolute Gasteiger partial charge is 0.312 e. The number of carbonyl (C=O) groups is 1. The molecule has 1 amide bonds. The van der Waals surface area contributed by atoms with Crippen LogP contribution in [0.4, 0.5) is 5.69 Å². The fourth-order valence-electron chi connectivity index (χ4n) is 4.10. The quantitative estimate of drug-likeness (QED) is 0.773. The average Bonchev–Trinajstić information content (AvgIpc) is 3.13. The highest BCUT2D eigenvalue weighted by molar-refractivity contribution is 5.93. The van der Waals surface area contributed by atoms with Crippen LogP contribution in [0.3, 0.4) is 0 Å². The van der Waals surface area contributed by atoms with Crippen LogP contribution in [0.2, 0.25) is 0 Å². The molecule has 0 unspecified atom stereocenters. The molecule has 2 aliphatic rings. The third-order valence-electron chi connectivity index (χ3n) is 5.65. The Morgan fingerprint density at radius 3 is 2.38 bits per heavy atom. The number of rotatable bonds is 6. The lowest BCUT2D eigenvalue weighted by Crippen LogP contribution is -2.38. The van der Waals surface area contributed by atoms with Gasteiger partial charge in [0.15, 0.2) is 0 Å². The number of amides is 1. The second-order valence-electron chi connectivity index (χ2n) is 7.64. The molecule has 1 saturated carbocycles. The van der Waals surface area contributed by atoms with E-state index in [9.17, 15) is 4.79 Å². The first-order chi connectivity index (χ1) is 11.7. The summed E-state index contributed by atoms with van der Waals surface area (Å²) in [6.45, 7) is 6.26. The molecule has 24 heavy (non-hydrogen) atoms. The van der Waals surface area contributed by atoms with E-state index >= 15 is 0 Å². The Bertz CT molecular complexity index is 513. The zero-order valence-electron chi connectivity index (χ0n) is 15.2. The van der Waals surface area contributed by atoms with E-state index < -0.39 is 0 Å². The lowest BCUT2D eigenvalue weighted by Gasteiger charge is -2.30. The number of hydrogen-bond donors (Lipinski definition) is 0. The van der Waals surface area contributed by atoms with E-state index in [-0.39, 0.29) is 0 Å². The first kappa shape index (κ1) is 17.5. The van der Waals surface area contributed by atoms with Crippen molar-refractivity contribution in [1.29, 1.82) is 0 Å². The van der Waals surface area contributed by atoms with Crippen LogP contribution in [0.5, 0.6) is 0 Å². The fraction of sp³-hybridized carbons (Fsp3) is 0.667. The summed E-state index contributed by atoms with van der Waals surface area (Å²) in [5.74, 6) is 0.979. The zero-order valence-corrected chi connectivity index (χ0v) is 15.2. The highest BCUT2D eigenvalue weighted by Gasteiger charge is 2.23.